The molecule has 1 fully saturated rings. The molecule has 0 bridgehead atoms. The van der Waals surface area contributed by atoms with Crippen LogP contribution in [0.5, 0.6) is 0 Å². The first-order chi connectivity index (χ1) is 10.7. The number of halogens is 2. The molecule has 1 aromatic carbocycles. The molecule has 2 aromatic rings. The molecule has 0 N–H and O–H groups in total. The van der Waals surface area contributed by atoms with E-state index < -0.39 is 0 Å². The third-order valence-corrected chi connectivity index (χ3v) is 4.52. The van der Waals surface area contributed by atoms with E-state index in [4.69, 9.17) is 27.7 Å². The zero-order chi connectivity index (χ0) is 15.4. The number of hydrogen-bond donors (Lipinski definition) is 0. The first kappa shape index (κ1) is 15.8. The van der Waals surface area contributed by atoms with Crippen LogP contribution in [-0.2, 0) is 6.42 Å². The summed E-state index contributed by atoms with van der Waals surface area (Å²) in [6.45, 7) is 3.52. The van der Waals surface area contributed by atoms with E-state index in [-0.39, 0.29) is 0 Å². The van der Waals surface area contributed by atoms with Crippen LogP contribution in [0.2, 0.25) is 10.0 Å². The molecule has 1 aliphatic rings. The van der Waals surface area contributed by atoms with Crippen LogP contribution < -0.4 is 0 Å². The van der Waals surface area contributed by atoms with Gasteiger partial charge in [0.1, 0.15) is 0 Å². The number of aryl methyl sites for hydroxylation is 1. The SMILES string of the molecule is Clc1ccc(Cl)c(-c2noc(CCCN3CCCCC3)n2)c1. The Morgan fingerprint density at radius 2 is 1.95 bits per heavy atom. The van der Waals surface area contributed by atoms with Crippen molar-refractivity contribution in [3.05, 3.63) is 34.1 Å². The van der Waals surface area contributed by atoms with E-state index in [1.54, 1.807) is 18.2 Å². The van der Waals surface area contributed by atoms with E-state index in [0.717, 1.165) is 19.4 Å². The van der Waals surface area contributed by atoms with Crippen molar-refractivity contribution >= 4 is 23.2 Å². The van der Waals surface area contributed by atoms with Crippen molar-refractivity contribution in [1.82, 2.24) is 15.0 Å². The lowest BCUT2D eigenvalue weighted by Crippen LogP contribution is -2.30. The highest BCUT2D eigenvalue weighted by molar-refractivity contribution is 6.35. The standard InChI is InChI=1S/C16H19Cl2N3O/c17-12-6-7-14(18)13(11-12)16-19-15(22-20-16)5-4-10-21-8-2-1-3-9-21/h6-7,11H,1-5,8-10H2. The van der Waals surface area contributed by atoms with Crippen LogP contribution >= 0.6 is 23.2 Å². The second kappa shape index (κ2) is 7.44. The van der Waals surface area contributed by atoms with Crippen LogP contribution in [0.15, 0.2) is 22.7 Å². The molecule has 4 nitrogen and oxygen atoms in total. The summed E-state index contributed by atoms with van der Waals surface area (Å²) in [6, 6.07) is 5.24. The van der Waals surface area contributed by atoms with E-state index in [0.29, 0.717) is 27.3 Å². The van der Waals surface area contributed by atoms with E-state index in [9.17, 15) is 0 Å². The Labute approximate surface area is 140 Å². The van der Waals surface area contributed by atoms with Crippen LogP contribution in [0.3, 0.4) is 0 Å². The summed E-state index contributed by atoms with van der Waals surface area (Å²) in [6.07, 6.45) is 5.83. The number of benzene rings is 1. The monoisotopic (exact) mass is 339 g/mol. The van der Waals surface area contributed by atoms with Crippen LogP contribution in [0.1, 0.15) is 31.6 Å². The van der Waals surface area contributed by atoms with Crippen molar-refractivity contribution in [2.45, 2.75) is 32.1 Å². The van der Waals surface area contributed by atoms with E-state index in [1.807, 2.05) is 0 Å². The second-order valence-corrected chi connectivity index (χ2v) is 6.49. The Morgan fingerprint density at radius 1 is 1.14 bits per heavy atom. The number of rotatable bonds is 5. The molecule has 3 rings (SSSR count). The lowest BCUT2D eigenvalue weighted by molar-refractivity contribution is 0.223. The van der Waals surface area contributed by atoms with Gasteiger partial charge < -0.3 is 9.42 Å². The fraction of sp³-hybridized carbons (Fsp3) is 0.500. The van der Waals surface area contributed by atoms with Gasteiger partial charge in [-0.15, -0.1) is 0 Å². The number of piperidine rings is 1. The predicted molar refractivity (Wildman–Crippen MR) is 88.4 cm³/mol. The zero-order valence-electron chi connectivity index (χ0n) is 12.4. The molecule has 0 unspecified atom stereocenters. The fourth-order valence-electron chi connectivity index (χ4n) is 2.77. The van der Waals surface area contributed by atoms with Gasteiger partial charge in [0.15, 0.2) is 0 Å². The van der Waals surface area contributed by atoms with Gasteiger partial charge in [0.2, 0.25) is 11.7 Å². The second-order valence-electron chi connectivity index (χ2n) is 5.64. The topological polar surface area (TPSA) is 42.2 Å². The molecule has 1 aliphatic heterocycles. The zero-order valence-corrected chi connectivity index (χ0v) is 13.9. The van der Waals surface area contributed by atoms with Gasteiger partial charge in [-0.1, -0.05) is 34.8 Å². The molecule has 6 heteroatoms. The Morgan fingerprint density at radius 3 is 2.77 bits per heavy atom. The Hall–Kier alpha value is -1.10. The summed E-state index contributed by atoms with van der Waals surface area (Å²) in [5, 5.41) is 5.19. The lowest BCUT2D eigenvalue weighted by atomic mass is 10.1. The van der Waals surface area contributed by atoms with Crippen LogP contribution in [0, 0.1) is 0 Å². The van der Waals surface area contributed by atoms with Crippen molar-refractivity contribution in [3.8, 4) is 11.4 Å². The quantitative estimate of drug-likeness (QED) is 0.806. The van der Waals surface area contributed by atoms with Gasteiger partial charge in [0, 0.05) is 17.0 Å². The molecule has 0 atom stereocenters. The van der Waals surface area contributed by atoms with Gasteiger partial charge in [0.05, 0.1) is 5.02 Å². The van der Waals surface area contributed by atoms with Gasteiger partial charge >= 0.3 is 0 Å². The molecule has 2 heterocycles. The summed E-state index contributed by atoms with van der Waals surface area (Å²) in [5.74, 6) is 1.16. The Bertz CT molecular complexity index is 624. The molecule has 1 aromatic heterocycles. The summed E-state index contributed by atoms with van der Waals surface area (Å²) in [7, 11) is 0. The van der Waals surface area contributed by atoms with Gasteiger partial charge in [-0.05, 0) is 57.1 Å². The maximum atomic E-state index is 6.16. The minimum atomic E-state index is 0.500. The van der Waals surface area contributed by atoms with Gasteiger partial charge in [0.25, 0.3) is 0 Å². The summed E-state index contributed by atoms with van der Waals surface area (Å²) in [4.78, 5) is 6.93. The highest BCUT2D eigenvalue weighted by Crippen LogP contribution is 2.28. The summed E-state index contributed by atoms with van der Waals surface area (Å²) in [5.41, 5.74) is 0.709. The lowest BCUT2D eigenvalue weighted by Gasteiger charge is -2.25. The molecule has 1 saturated heterocycles. The van der Waals surface area contributed by atoms with E-state index >= 15 is 0 Å². The average Bonchev–Trinajstić information content (AvgIpc) is 2.99. The molecule has 22 heavy (non-hydrogen) atoms. The third-order valence-electron chi connectivity index (χ3n) is 3.95. The van der Waals surface area contributed by atoms with E-state index in [2.05, 4.69) is 15.0 Å². The van der Waals surface area contributed by atoms with Crippen molar-refractivity contribution < 1.29 is 4.52 Å². The average molecular weight is 340 g/mol. The maximum absolute atomic E-state index is 6.16. The molecular weight excluding hydrogens is 321 g/mol. The predicted octanol–water partition coefficient (Wildman–Crippen LogP) is 4.46. The molecule has 0 spiro atoms. The Kier molecular flexibility index (Phi) is 5.34. The number of hydrogen-bond acceptors (Lipinski definition) is 4. The molecular formula is C16H19Cl2N3O. The van der Waals surface area contributed by atoms with Crippen molar-refractivity contribution in [3.63, 3.8) is 0 Å². The van der Waals surface area contributed by atoms with E-state index in [1.165, 1.54) is 32.4 Å². The first-order valence-corrected chi connectivity index (χ1v) is 8.48. The fourth-order valence-corrected chi connectivity index (χ4v) is 3.15. The molecule has 0 amide bonds. The number of aromatic nitrogens is 2. The van der Waals surface area contributed by atoms with Crippen molar-refractivity contribution in [1.29, 1.82) is 0 Å². The minimum Gasteiger partial charge on any atom is -0.339 e. The number of nitrogens with zero attached hydrogens (tertiary/aromatic N) is 3. The van der Waals surface area contributed by atoms with Crippen molar-refractivity contribution in [2.24, 2.45) is 0 Å². The van der Waals surface area contributed by atoms with Crippen LogP contribution in [-0.4, -0.2) is 34.7 Å². The highest BCUT2D eigenvalue weighted by Gasteiger charge is 2.14. The first-order valence-electron chi connectivity index (χ1n) is 7.73. The minimum absolute atomic E-state index is 0.500. The van der Waals surface area contributed by atoms with Crippen molar-refractivity contribution in [2.75, 3.05) is 19.6 Å². The third kappa shape index (κ3) is 4.00. The van der Waals surface area contributed by atoms with Gasteiger partial charge in [-0.2, -0.15) is 4.98 Å². The summed E-state index contributed by atoms with van der Waals surface area (Å²) >= 11 is 12.2. The molecule has 118 valence electrons. The van der Waals surface area contributed by atoms with Gasteiger partial charge in [-0.3, -0.25) is 0 Å². The normalized spacial score (nSPS) is 16.1. The highest BCUT2D eigenvalue weighted by atomic mass is 35.5. The molecule has 0 aliphatic carbocycles. The maximum Gasteiger partial charge on any atom is 0.227 e. The summed E-state index contributed by atoms with van der Waals surface area (Å²) < 4.78 is 5.32. The number of likely N-dealkylation sites (tertiary alicyclic amines) is 1. The van der Waals surface area contributed by atoms with Crippen LogP contribution in [0.25, 0.3) is 11.4 Å². The Balaban J connectivity index is 1.58. The van der Waals surface area contributed by atoms with Gasteiger partial charge in [-0.25, -0.2) is 0 Å². The van der Waals surface area contributed by atoms with Crippen LogP contribution in [0.4, 0.5) is 0 Å². The largest absolute Gasteiger partial charge is 0.339 e. The smallest absolute Gasteiger partial charge is 0.227 e. The molecule has 0 radical (unpaired) electrons. The molecule has 0 saturated carbocycles.